The number of pyridine rings is 1. The van der Waals surface area contributed by atoms with Gasteiger partial charge in [-0.2, -0.15) is 0 Å². The molecule has 2 aromatic heterocycles. The molecule has 0 fully saturated rings. The number of aromatic amines is 1. The third kappa shape index (κ3) is 1.89. The lowest BCUT2D eigenvalue weighted by atomic mass is 10.1. The molecular weight excluding hydrogens is 222 g/mol. The summed E-state index contributed by atoms with van der Waals surface area (Å²) in [5.74, 6) is 0. The van der Waals surface area contributed by atoms with Crippen LogP contribution in [0.15, 0.2) is 20.1 Å². The smallest absolute Gasteiger partial charge is 0.339 e. The van der Waals surface area contributed by atoms with Crippen LogP contribution in [0.4, 0.5) is 0 Å². The Labute approximate surface area is 96.7 Å². The van der Waals surface area contributed by atoms with Crippen molar-refractivity contribution in [3.8, 4) is 0 Å². The zero-order valence-corrected chi connectivity index (χ0v) is 9.66. The minimum absolute atomic E-state index is 0.152. The van der Waals surface area contributed by atoms with Gasteiger partial charge in [-0.3, -0.25) is 4.79 Å². The summed E-state index contributed by atoms with van der Waals surface area (Å²) in [6.07, 6.45) is 0.192. The van der Waals surface area contributed by atoms with E-state index in [-0.39, 0.29) is 24.2 Å². The Hall–Kier alpha value is -1.88. The van der Waals surface area contributed by atoms with E-state index in [1.165, 1.54) is 0 Å². The minimum Gasteiger partial charge on any atom is -0.422 e. The van der Waals surface area contributed by atoms with Crippen molar-refractivity contribution in [2.24, 2.45) is 0 Å². The second kappa shape index (κ2) is 4.18. The van der Waals surface area contributed by atoms with Crippen molar-refractivity contribution in [2.45, 2.75) is 20.3 Å². The monoisotopic (exact) mass is 235 g/mol. The van der Waals surface area contributed by atoms with Gasteiger partial charge in [0.15, 0.2) is 0 Å². The first-order valence-electron chi connectivity index (χ1n) is 5.31. The molecule has 0 aliphatic carbocycles. The van der Waals surface area contributed by atoms with Crippen LogP contribution in [-0.2, 0) is 6.42 Å². The molecule has 2 heterocycles. The zero-order valence-electron chi connectivity index (χ0n) is 9.66. The van der Waals surface area contributed by atoms with E-state index in [4.69, 9.17) is 9.52 Å². The van der Waals surface area contributed by atoms with Gasteiger partial charge in [-0.1, -0.05) is 0 Å². The van der Waals surface area contributed by atoms with E-state index in [1.807, 2.05) is 0 Å². The number of hydrogen-bond acceptors (Lipinski definition) is 4. The fourth-order valence-electron chi connectivity index (χ4n) is 1.96. The molecule has 0 atom stereocenters. The van der Waals surface area contributed by atoms with Gasteiger partial charge in [0.05, 0.1) is 5.39 Å². The van der Waals surface area contributed by atoms with Gasteiger partial charge < -0.3 is 14.5 Å². The number of aliphatic hydroxyl groups is 1. The Morgan fingerprint density at radius 1 is 1.35 bits per heavy atom. The van der Waals surface area contributed by atoms with Crippen molar-refractivity contribution in [1.29, 1.82) is 0 Å². The first-order valence-corrected chi connectivity index (χ1v) is 5.31. The van der Waals surface area contributed by atoms with Crippen LogP contribution in [0.5, 0.6) is 0 Å². The van der Waals surface area contributed by atoms with Gasteiger partial charge >= 0.3 is 5.63 Å². The molecule has 0 spiro atoms. The highest BCUT2D eigenvalue weighted by Gasteiger charge is 2.13. The summed E-state index contributed by atoms with van der Waals surface area (Å²) >= 11 is 0. The lowest BCUT2D eigenvalue weighted by Gasteiger charge is -2.06. The minimum atomic E-state index is -0.492. The molecule has 5 nitrogen and oxygen atoms in total. The number of aromatic nitrogens is 1. The molecule has 0 aliphatic rings. The highest BCUT2D eigenvalue weighted by atomic mass is 16.4. The summed E-state index contributed by atoms with van der Waals surface area (Å²) in [7, 11) is 0. The van der Waals surface area contributed by atoms with Crippen LogP contribution >= 0.6 is 0 Å². The number of rotatable bonds is 2. The lowest BCUT2D eigenvalue weighted by molar-refractivity contribution is 0.297. The van der Waals surface area contributed by atoms with Crippen molar-refractivity contribution in [3.63, 3.8) is 0 Å². The van der Waals surface area contributed by atoms with Gasteiger partial charge in [-0.15, -0.1) is 0 Å². The van der Waals surface area contributed by atoms with Crippen LogP contribution in [0.25, 0.3) is 11.0 Å². The van der Waals surface area contributed by atoms with Gasteiger partial charge in [-0.25, -0.2) is 4.79 Å². The number of aryl methyl sites for hydroxylation is 2. The number of nitrogens with one attached hydrogen (secondary N) is 1. The summed E-state index contributed by atoms with van der Waals surface area (Å²) < 4.78 is 5.10. The van der Waals surface area contributed by atoms with Crippen molar-refractivity contribution in [3.05, 3.63) is 43.7 Å². The average Bonchev–Trinajstić information content (AvgIpc) is 2.22. The fourth-order valence-corrected chi connectivity index (χ4v) is 1.96. The molecule has 0 unspecified atom stereocenters. The maximum Gasteiger partial charge on any atom is 0.339 e. The molecule has 2 aromatic rings. The maximum absolute atomic E-state index is 11.8. The predicted molar refractivity (Wildman–Crippen MR) is 63.4 cm³/mol. The van der Waals surface area contributed by atoms with Crippen LogP contribution in [0.1, 0.15) is 16.8 Å². The summed E-state index contributed by atoms with van der Waals surface area (Å²) in [6, 6.07) is 1.62. The highest BCUT2D eigenvalue weighted by Crippen LogP contribution is 2.16. The topological polar surface area (TPSA) is 83.3 Å². The molecular formula is C12H13NO4. The number of H-pyrrole nitrogens is 1. The van der Waals surface area contributed by atoms with Gasteiger partial charge in [0.2, 0.25) is 0 Å². The van der Waals surface area contributed by atoms with Gasteiger partial charge in [-0.05, 0) is 19.4 Å². The molecule has 5 heteroatoms. The fraction of sp³-hybridized carbons (Fsp3) is 0.333. The van der Waals surface area contributed by atoms with Crippen molar-refractivity contribution >= 4 is 11.0 Å². The normalized spacial score (nSPS) is 11.0. The summed E-state index contributed by atoms with van der Waals surface area (Å²) in [6.45, 7) is 3.26. The Morgan fingerprint density at radius 3 is 2.71 bits per heavy atom. The van der Waals surface area contributed by atoms with Crippen molar-refractivity contribution in [1.82, 2.24) is 4.98 Å². The predicted octanol–water partition coefficient (Wildman–Crippen LogP) is 0.633. The average molecular weight is 235 g/mol. The van der Waals surface area contributed by atoms with Crippen LogP contribution in [-0.4, -0.2) is 16.7 Å². The van der Waals surface area contributed by atoms with Crippen molar-refractivity contribution in [2.75, 3.05) is 6.61 Å². The number of fused-ring (bicyclic) bond motifs is 1. The second-order valence-corrected chi connectivity index (χ2v) is 3.99. The van der Waals surface area contributed by atoms with Crippen LogP contribution in [0.2, 0.25) is 0 Å². The quantitative estimate of drug-likeness (QED) is 0.799. The Kier molecular flexibility index (Phi) is 2.85. The van der Waals surface area contributed by atoms with E-state index in [9.17, 15) is 9.59 Å². The molecule has 17 heavy (non-hydrogen) atoms. The van der Waals surface area contributed by atoms with Crippen LogP contribution in [0, 0.1) is 13.8 Å². The molecule has 2 rings (SSSR count). The second-order valence-electron chi connectivity index (χ2n) is 3.99. The standard InChI is InChI=1S/C12H13NO4/c1-6-5-9-10(11(15)13-6)7(2)8(3-4-14)12(16)17-9/h5,14H,3-4H2,1-2H3,(H,13,15). The Bertz CT molecular complexity index is 681. The largest absolute Gasteiger partial charge is 0.422 e. The van der Waals surface area contributed by atoms with Gasteiger partial charge in [0.1, 0.15) is 5.58 Å². The van der Waals surface area contributed by atoms with Crippen LogP contribution < -0.4 is 11.2 Å². The molecule has 2 N–H and O–H groups in total. The molecule has 0 amide bonds. The number of aliphatic hydroxyl groups excluding tert-OH is 1. The van der Waals surface area contributed by atoms with E-state index in [0.717, 1.165) is 0 Å². The SMILES string of the molecule is Cc1cc2oc(=O)c(CCO)c(C)c2c(=O)[nH]1. The van der Waals surface area contributed by atoms with Crippen molar-refractivity contribution < 1.29 is 9.52 Å². The first kappa shape index (κ1) is 11.6. The molecule has 90 valence electrons. The van der Waals surface area contributed by atoms with E-state index >= 15 is 0 Å². The Balaban J connectivity index is 2.92. The summed E-state index contributed by atoms with van der Waals surface area (Å²) in [4.78, 5) is 26.1. The molecule has 0 saturated carbocycles. The zero-order chi connectivity index (χ0) is 12.6. The molecule has 0 bridgehead atoms. The first-order chi connectivity index (χ1) is 8.04. The molecule has 0 radical (unpaired) electrons. The van der Waals surface area contributed by atoms with E-state index < -0.39 is 5.63 Å². The molecule has 0 saturated heterocycles. The van der Waals surface area contributed by atoms with E-state index in [1.54, 1.807) is 19.9 Å². The van der Waals surface area contributed by atoms with Gasteiger partial charge in [0, 0.05) is 30.4 Å². The third-order valence-electron chi connectivity index (χ3n) is 2.77. The molecule has 0 aliphatic heterocycles. The summed E-state index contributed by atoms with van der Waals surface area (Å²) in [5.41, 5.74) is 1.09. The van der Waals surface area contributed by atoms with E-state index in [2.05, 4.69) is 4.98 Å². The van der Waals surface area contributed by atoms with Crippen LogP contribution in [0.3, 0.4) is 0 Å². The Morgan fingerprint density at radius 2 is 2.06 bits per heavy atom. The maximum atomic E-state index is 11.8. The van der Waals surface area contributed by atoms with E-state index in [0.29, 0.717) is 22.2 Å². The molecule has 0 aromatic carbocycles. The highest BCUT2D eigenvalue weighted by molar-refractivity contribution is 5.80. The van der Waals surface area contributed by atoms with Gasteiger partial charge in [0.25, 0.3) is 5.56 Å². The lowest BCUT2D eigenvalue weighted by Crippen LogP contribution is -2.17. The summed E-state index contributed by atoms with van der Waals surface area (Å²) in [5, 5.41) is 9.26. The third-order valence-corrected chi connectivity index (χ3v) is 2.77. The number of hydrogen-bond donors (Lipinski definition) is 2.